The van der Waals surface area contributed by atoms with Crippen LogP contribution < -0.4 is 0 Å². The van der Waals surface area contributed by atoms with Crippen LogP contribution in [0.25, 0.3) is 0 Å². The number of amides is 1. The van der Waals surface area contributed by atoms with Crippen LogP contribution in [-0.2, 0) is 24.0 Å². The zero-order valence-corrected chi connectivity index (χ0v) is 60.0. The number of hydrogen-bond donors (Lipinski definition) is 0. The number of piperidine rings is 3. The number of alkyl halides is 1. The van der Waals surface area contributed by atoms with Gasteiger partial charge in [0.15, 0.2) is 9.84 Å². The Morgan fingerprint density at radius 2 is 0.852 bits per heavy atom. The molecular formula is C66H135FN14O6S. The van der Waals surface area contributed by atoms with Crippen molar-refractivity contribution in [3.05, 3.63) is 0 Å². The molecule has 13 aliphatic rings. The normalized spacial score (nSPS) is 27.5. The predicted molar refractivity (Wildman–Crippen MR) is 362 cm³/mol. The first-order chi connectivity index (χ1) is 41.6. The minimum Gasteiger partial charge on any atom is -0.444 e. The molecule has 0 bridgehead atoms. The molecule has 88 heavy (non-hydrogen) atoms. The number of likely N-dealkylation sites (N-methyl/N-ethyl adjacent to an activating group) is 6. The fraction of sp³-hybridized carbons (Fsp3) is 0.985. The van der Waals surface area contributed by atoms with Crippen molar-refractivity contribution in [1.82, 2.24) is 68.6 Å². The smallest absolute Gasteiger partial charge is 0.410 e. The summed E-state index contributed by atoms with van der Waals surface area (Å²) >= 11 is 0. The largest absolute Gasteiger partial charge is 0.444 e. The van der Waals surface area contributed by atoms with E-state index in [0.29, 0.717) is 11.2 Å². The van der Waals surface area contributed by atoms with Crippen molar-refractivity contribution in [3.8, 4) is 0 Å². The van der Waals surface area contributed by atoms with E-state index in [0.717, 1.165) is 129 Å². The SMILES string of the molecule is CC(C)N1CCN(C)CC1.CN1CC2(CCS2(=O)=O)C1.CN1CC2(COC2)C1.CN1CCC(F)CC1.CN1CCC(N2CCCCC2)CC1.CN1CCN(C(=O)OC(C)(C)C)CC1.CN1CCN(C)CC1.CN1CCN(C2CC2)CC1.CN1CCOCC1. The van der Waals surface area contributed by atoms with Crippen molar-refractivity contribution in [1.29, 1.82) is 0 Å². The highest BCUT2D eigenvalue weighted by atomic mass is 32.2. The van der Waals surface area contributed by atoms with E-state index in [1.807, 2.05) is 34.9 Å². The lowest BCUT2D eigenvalue weighted by atomic mass is 9.79. The summed E-state index contributed by atoms with van der Waals surface area (Å²) in [7, 11) is 18.7. The summed E-state index contributed by atoms with van der Waals surface area (Å²) in [5, 5.41) is 0. The van der Waals surface area contributed by atoms with Crippen molar-refractivity contribution in [3.63, 3.8) is 0 Å². The van der Waals surface area contributed by atoms with Gasteiger partial charge >= 0.3 is 6.09 Å². The molecular weight excluding hydrogens is 1140 g/mol. The van der Waals surface area contributed by atoms with Gasteiger partial charge in [0, 0.05) is 181 Å². The van der Waals surface area contributed by atoms with Gasteiger partial charge in [-0.25, -0.2) is 17.6 Å². The van der Waals surface area contributed by atoms with E-state index < -0.39 is 16.0 Å². The van der Waals surface area contributed by atoms with E-state index in [-0.39, 0.29) is 16.4 Å². The highest BCUT2D eigenvalue weighted by Crippen LogP contribution is 2.41. The van der Waals surface area contributed by atoms with Gasteiger partial charge < -0.3 is 73.0 Å². The number of piperazine rings is 4. The first kappa shape index (κ1) is 77.3. The van der Waals surface area contributed by atoms with Gasteiger partial charge in [0.2, 0.25) is 0 Å². The van der Waals surface area contributed by atoms with Crippen LogP contribution in [-0.4, -0.2) is 404 Å². The molecule has 0 N–H and O–H groups in total. The molecule has 0 atom stereocenters. The fourth-order valence-electron chi connectivity index (χ4n) is 13.0. The van der Waals surface area contributed by atoms with Crippen molar-refractivity contribution in [2.75, 3.05) is 286 Å². The van der Waals surface area contributed by atoms with Crippen LogP contribution >= 0.6 is 0 Å². The molecule has 12 heterocycles. The molecule has 1 amide bonds. The molecule has 2 spiro atoms. The average molecular weight is 1270 g/mol. The molecule has 20 nitrogen and oxygen atoms in total. The summed E-state index contributed by atoms with van der Waals surface area (Å²) in [5.41, 5.74) is 0.231. The Bertz CT molecular complexity index is 1890. The Morgan fingerprint density at radius 3 is 1.17 bits per heavy atom. The van der Waals surface area contributed by atoms with E-state index in [1.54, 1.807) is 4.90 Å². The van der Waals surface area contributed by atoms with Crippen molar-refractivity contribution < 1.29 is 31.8 Å². The summed E-state index contributed by atoms with van der Waals surface area (Å²) in [6.07, 6.45) is 11.7. The van der Waals surface area contributed by atoms with E-state index in [1.165, 1.54) is 163 Å². The van der Waals surface area contributed by atoms with Gasteiger partial charge in [-0.2, -0.15) is 0 Å². The summed E-state index contributed by atoms with van der Waals surface area (Å²) in [6, 6.07) is 2.62. The summed E-state index contributed by atoms with van der Waals surface area (Å²) < 4.78 is 49.8. The van der Waals surface area contributed by atoms with E-state index in [4.69, 9.17) is 14.2 Å². The Morgan fingerprint density at radius 1 is 0.466 bits per heavy atom. The van der Waals surface area contributed by atoms with Gasteiger partial charge in [-0.3, -0.25) is 9.80 Å². The zero-order chi connectivity index (χ0) is 64.5. The molecule has 12 aliphatic heterocycles. The molecule has 0 radical (unpaired) electrons. The van der Waals surface area contributed by atoms with Crippen molar-refractivity contribution >= 4 is 15.9 Å². The molecule has 1 aliphatic carbocycles. The number of nitrogens with zero attached hydrogens (tertiary/aromatic N) is 14. The van der Waals surface area contributed by atoms with Crippen LogP contribution in [0, 0.1) is 5.41 Å². The minimum atomic E-state index is -2.66. The Labute approximate surface area is 538 Å². The number of carbonyl (C=O) groups is 1. The Balaban J connectivity index is 0.000000182. The average Bonchev–Trinajstić information content (AvgIpc) is 1.58. The minimum absolute atomic E-state index is 0.189. The van der Waals surface area contributed by atoms with Gasteiger partial charge in [0.05, 0.1) is 36.9 Å². The third-order valence-corrected chi connectivity index (χ3v) is 22.4. The highest BCUT2D eigenvalue weighted by molar-refractivity contribution is 7.94. The number of ether oxygens (including phenoxy) is 3. The molecule has 518 valence electrons. The number of sulfone groups is 1. The van der Waals surface area contributed by atoms with Gasteiger partial charge in [-0.1, -0.05) is 6.42 Å². The van der Waals surface area contributed by atoms with Gasteiger partial charge in [0.1, 0.15) is 11.8 Å². The quantitative estimate of drug-likeness (QED) is 0.403. The maximum Gasteiger partial charge on any atom is 0.410 e. The first-order valence-electron chi connectivity index (χ1n) is 34.7. The third-order valence-electron chi connectivity index (χ3n) is 19.9. The Hall–Kier alpha value is -1.45. The first-order valence-corrected chi connectivity index (χ1v) is 36.4. The van der Waals surface area contributed by atoms with Crippen LogP contribution in [0.15, 0.2) is 0 Å². The second-order valence-corrected chi connectivity index (χ2v) is 32.5. The molecule has 0 aromatic heterocycles. The standard InChI is InChI=1S/C11H22N2.C10H20N2O2.C8H16N2.C8H18N2.C6H12FN.C6H14N2.C6H11NO2S.C6H11NO.C5H11NO/c1-12-9-5-11(6-10-12)13-7-3-2-4-8-13;1-10(2,3)14-9(13)12-7-5-11(4)6-8-12;1-9-4-6-10(7-5-9)8-2-3-8;1-8(2)10-6-4-9(3)5-7-10;1-8-4-2-6(7)3-5-8;1-7-3-5-8(2)6-4-7;1-7-4-6(5-7)2-3-10(6,8)9;1-7-2-6(3-7)4-8-5-6;1-6-2-4-7-5-3-6/h11H,2-10H2,1H3;5-8H2,1-4H3;8H,2-7H2,1H3;8H,4-7H2,1-3H3;6H,2-5H2,1H3;3-6H2,1-2H3;2-5H2,1H3;2-5H2,1H3;2-5H2,1H3. The van der Waals surface area contributed by atoms with Crippen LogP contribution in [0.3, 0.4) is 0 Å². The molecule has 13 fully saturated rings. The highest BCUT2D eigenvalue weighted by Gasteiger charge is 2.58. The predicted octanol–water partition coefficient (Wildman–Crippen LogP) is 4.07. The zero-order valence-electron chi connectivity index (χ0n) is 59.2. The molecule has 12 saturated heterocycles. The lowest BCUT2D eigenvalue weighted by molar-refractivity contribution is -0.182. The molecule has 0 unspecified atom stereocenters. The van der Waals surface area contributed by atoms with E-state index >= 15 is 0 Å². The number of halogens is 1. The van der Waals surface area contributed by atoms with Crippen LogP contribution in [0.2, 0.25) is 0 Å². The summed E-state index contributed by atoms with van der Waals surface area (Å²) in [6.45, 7) is 45.9. The molecule has 1 saturated carbocycles. The van der Waals surface area contributed by atoms with Gasteiger partial charge in [-0.05, 0) is 189 Å². The number of likely N-dealkylation sites (tertiary alicyclic amines) is 5. The molecule has 0 aromatic rings. The maximum absolute atomic E-state index is 12.3. The monoisotopic (exact) mass is 1270 g/mol. The van der Waals surface area contributed by atoms with Crippen LogP contribution in [0.1, 0.15) is 98.8 Å². The molecule has 0 aromatic carbocycles. The lowest BCUT2D eigenvalue weighted by Gasteiger charge is -2.53. The van der Waals surface area contributed by atoms with Crippen LogP contribution in [0.5, 0.6) is 0 Å². The topological polar surface area (TPSA) is 124 Å². The second-order valence-electron chi connectivity index (χ2n) is 30.0. The fourth-order valence-corrected chi connectivity index (χ4v) is 14.9. The number of morpholine rings is 1. The molecule has 22 heteroatoms. The van der Waals surface area contributed by atoms with E-state index in [9.17, 15) is 17.6 Å². The third kappa shape index (κ3) is 29.0. The second kappa shape index (κ2) is 38.8. The van der Waals surface area contributed by atoms with E-state index in [2.05, 4.69) is 134 Å². The van der Waals surface area contributed by atoms with Crippen LogP contribution in [0.4, 0.5) is 9.18 Å². The number of rotatable bonds is 3. The maximum atomic E-state index is 12.3. The van der Waals surface area contributed by atoms with Crippen molar-refractivity contribution in [2.24, 2.45) is 5.41 Å². The number of carbonyl (C=O) groups excluding carboxylic acids is 1. The van der Waals surface area contributed by atoms with Gasteiger partial charge in [0.25, 0.3) is 0 Å². The summed E-state index contributed by atoms with van der Waals surface area (Å²) in [4.78, 5) is 44.3. The summed E-state index contributed by atoms with van der Waals surface area (Å²) in [5.74, 6) is 0.418. The molecule has 13 rings (SSSR count). The van der Waals surface area contributed by atoms with Gasteiger partial charge in [-0.15, -0.1) is 0 Å². The lowest BCUT2D eigenvalue weighted by Crippen LogP contribution is -2.70. The van der Waals surface area contributed by atoms with Crippen molar-refractivity contribution in [2.45, 2.75) is 133 Å². The Kier molecular flexibility index (Phi) is 34.1. The number of hydrogen-bond acceptors (Lipinski definition) is 19.